The second-order valence-electron chi connectivity index (χ2n) is 6.01. The Kier molecular flexibility index (Phi) is 6.30. The number of rotatable bonds is 6. The minimum absolute atomic E-state index is 0.112. The van der Waals surface area contributed by atoms with E-state index < -0.39 is 0 Å². The summed E-state index contributed by atoms with van der Waals surface area (Å²) in [6, 6.07) is 6.14. The predicted molar refractivity (Wildman–Crippen MR) is 84.8 cm³/mol. The van der Waals surface area contributed by atoms with Crippen molar-refractivity contribution in [2.45, 2.75) is 32.9 Å². The second-order valence-corrected chi connectivity index (χ2v) is 6.86. The Bertz CT molecular complexity index is 400. The summed E-state index contributed by atoms with van der Waals surface area (Å²) in [5.74, 6) is 0.927. The van der Waals surface area contributed by atoms with E-state index in [2.05, 4.69) is 53.0 Å². The number of hydrogen-bond acceptors (Lipinski definition) is 3. The molecule has 1 aromatic carbocycles. The van der Waals surface area contributed by atoms with Gasteiger partial charge >= 0.3 is 0 Å². The van der Waals surface area contributed by atoms with Crippen LogP contribution in [0.2, 0.25) is 0 Å². The highest BCUT2D eigenvalue weighted by Crippen LogP contribution is 2.23. The summed E-state index contributed by atoms with van der Waals surface area (Å²) in [6.45, 7) is 8.95. The highest BCUT2D eigenvalue weighted by Gasteiger charge is 2.10. The second kappa shape index (κ2) is 7.27. The van der Waals surface area contributed by atoms with Crippen molar-refractivity contribution >= 4 is 15.9 Å². The third-order valence-electron chi connectivity index (χ3n) is 2.63. The Balaban J connectivity index is 2.61. The van der Waals surface area contributed by atoms with Gasteiger partial charge in [-0.25, -0.2) is 0 Å². The maximum Gasteiger partial charge on any atom is 0.119 e. The number of ether oxygens (including phenoxy) is 1. The van der Waals surface area contributed by atoms with Gasteiger partial charge in [-0.1, -0.05) is 15.9 Å². The van der Waals surface area contributed by atoms with Crippen LogP contribution in [0.15, 0.2) is 22.7 Å². The Labute approximate surface area is 125 Å². The molecule has 108 valence electrons. The molecule has 0 amide bonds. The van der Waals surface area contributed by atoms with E-state index >= 15 is 0 Å². The fourth-order valence-electron chi connectivity index (χ4n) is 1.48. The van der Waals surface area contributed by atoms with Crippen LogP contribution in [0, 0.1) is 0 Å². The van der Waals surface area contributed by atoms with Crippen LogP contribution in [0.1, 0.15) is 26.3 Å². The Hall–Kier alpha value is -0.580. The molecule has 4 heteroatoms. The van der Waals surface area contributed by atoms with Gasteiger partial charge in [-0.15, -0.1) is 0 Å². The standard InChI is InChI=1S/C15H25BrN2O/c1-15(2,3)17-11-12-10-13(6-7-14(12)16)19-9-8-18(4)5/h6-7,10,17H,8-9,11H2,1-5H3. The summed E-state index contributed by atoms with van der Waals surface area (Å²) in [6.07, 6.45) is 0. The van der Waals surface area contributed by atoms with E-state index in [1.54, 1.807) is 0 Å². The zero-order valence-electron chi connectivity index (χ0n) is 12.6. The van der Waals surface area contributed by atoms with Crippen molar-refractivity contribution in [2.24, 2.45) is 0 Å². The van der Waals surface area contributed by atoms with Crippen LogP contribution >= 0.6 is 15.9 Å². The van der Waals surface area contributed by atoms with Crippen molar-refractivity contribution in [3.63, 3.8) is 0 Å². The molecule has 0 heterocycles. The first-order valence-corrected chi connectivity index (χ1v) is 7.38. The molecule has 1 N–H and O–H groups in total. The number of benzene rings is 1. The van der Waals surface area contributed by atoms with Crippen LogP contribution in [-0.2, 0) is 6.54 Å². The minimum Gasteiger partial charge on any atom is -0.492 e. The van der Waals surface area contributed by atoms with E-state index in [1.165, 1.54) is 5.56 Å². The van der Waals surface area contributed by atoms with Crippen molar-refractivity contribution < 1.29 is 4.74 Å². The smallest absolute Gasteiger partial charge is 0.119 e. The topological polar surface area (TPSA) is 24.5 Å². The summed E-state index contributed by atoms with van der Waals surface area (Å²) >= 11 is 3.59. The lowest BCUT2D eigenvalue weighted by atomic mass is 10.1. The van der Waals surface area contributed by atoms with Crippen LogP contribution in [0.4, 0.5) is 0 Å². The van der Waals surface area contributed by atoms with Crippen LogP contribution in [0.3, 0.4) is 0 Å². The van der Waals surface area contributed by atoms with Gasteiger partial charge in [0, 0.05) is 23.1 Å². The van der Waals surface area contributed by atoms with Gasteiger partial charge in [-0.2, -0.15) is 0 Å². The molecule has 1 aromatic rings. The molecule has 0 bridgehead atoms. The third-order valence-corrected chi connectivity index (χ3v) is 3.41. The maximum absolute atomic E-state index is 5.75. The number of likely N-dealkylation sites (N-methyl/N-ethyl adjacent to an activating group) is 1. The minimum atomic E-state index is 0.112. The van der Waals surface area contributed by atoms with E-state index in [4.69, 9.17) is 4.74 Å². The van der Waals surface area contributed by atoms with E-state index in [0.717, 1.165) is 23.3 Å². The van der Waals surface area contributed by atoms with Crippen LogP contribution in [0.5, 0.6) is 5.75 Å². The summed E-state index contributed by atoms with van der Waals surface area (Å²) in [7, 11) is 4.09. The van der Waals surface area contributed by atoms with Gasteiger partial charge in [0.05, 0.1) is 0 Å². The van der Waals surface area contributed by atoms with Crippen molar-refractivity contribution in [1.82, 2.24) is 10.2 Å². The number of halogens is 1. The lowest BCUT2D eigenvalue weighted by Gasteiger charge is -2.21. The molecule has 1 rings (SSSR count). The fraction of sp³-hybridized carbons (Fsp3) is 0.600. The van der Waals surface area contributed by atoms with Gasteiger partial charge < -0.3 is 15.0 Å². The maximum atomic E-state index is 5.75. The molecule has 0 unspecified atom stereocenters. The molecule has 0 radical (unpaired) electrons. The number of hydrogen-bond donors (Lipinski definition) is 1. The first-order chi connectivity index (χ1) is 8.78. The summed E-state index contributed by atoms with van der Waals surface area (Å²) in [5.41, 5.74) is 1.33. The normalized spacial score (nSPS) is 11.9. The summed E-state index contributed by atoms with van der Waals surface area (Å²) in [5, 5.41) is 3.49. The third kappa shape index (κ3) is 6.95. The molecule has 0 saturated heterocycles. The molecule has 0 aliphatic rings. The van der Waals surface area contributed by atoms with Gasteiger partial charge in [0.1, 0.15) is 12.4 Å². The summed E-state index contributed by atoms with van der Waals surface area (Å²) < 4.78 is 6.87. The quantitative estimate of drug-likeness (QED) is 0.867. The zero-order valence-corrected chi connectivity index (χ0v) is 14.2. The first kappa shape index (κ1) is 16.5. The first-order valence-electron chi connectivity index (χ1n) is 6.59. The monoisotopic (exact) mass is 328 g/mol. The molecule has 3 nitrogen and oxygen atoms in total. The van der Waals surface area contributed by atoms with E-state index in [0.29, 0.717) is 6.61 Å². The van der Waals surface area contributed by atoms with Gasteiger partial charge in [0.2, 0.25) is 0 Å². The Morgan fingerprint density at radius 1 is 1.26 bits per heavy atom. The van der Waals surface area contributed by atoms with Gasteiger partial charge in [0.15, 0.2) is 0 Å². The molecular formula is C15H25BrN2O. The van der Waals surface area contributed by atoms with E-state index in [1.807, 2.05) is 26.2 Å². The van der Waals surface area contributed by atoms with Crippen molar-refractivity contribution in [3.8, 4) is 5.75 Å². The van der Waals surface area contributed by atoms with Crippen molar-refractivity contribution in [1.29, 1.82) is 0 Å². The Morgan fingerprint density at radius 3 is 2.53 bits per heavy atom. The lowest BCUT2D eigenvalue weighted by molar-refractivity contribution is 0.261. The highest BCUT2D eigenvalue weighted by atomic mass is 79.9. The number of nitrogens with zero attached hydrogens (tertiary/aromatic N) is 1. The molecule has 0 atom stereocenters. The molecule has 0 aromatic heterocycles. The van der Waals surface area contributed by atoms with E-state index in [-0.39, 0.29) is 5.54 Å². The van der Waals surface area contributed by atoms with Crippen LogP contribution in [-0.4, -0.2) is 37.7 Å². The predicted octanol–water partition coefficient (Wildman–Crippen LogP) is 3.28. The Morgan fingerprint density at radius 2 is 1.95 bits per heavy atom. The van der Waals surface area contributed by atoms with Crippen molar-refractivity contribution in [3.05, 3.63) is 28.2 Å². The van der Waals surface area contributed by atoms with Gasteiger partial charge in [-0.05, 0) is 58.6 Å². The van der Waals surface area contributed by atoms with E-state index in [9.17, 15) is 0 Å². The molecule has 19 heavy (non-hydrogen) atoms. The molecular weight excluding hydrogens is 304 g/mol. The van der Waals surface area contributed by atoms with Crippen LogP contribution in [0.25, 0.3) is 0 Å². The molecule has 0 fully saturated rings. The average molecular weight is 329 g/mol. The molecule has 0 aliphatic heterocycles. The van der Waals surface area contributed by atoms with Crippen LogP contribution < -0.4 is 10.1 Å². The zero-order chi connectivity index (χ0) is 14.5. The molecule has 0 saturated carbocycles. The number of nitrogens with one attached hydrogen (secondary N) is 1. The SMILES string of the molecule is CN(C)CCOc1ccc(Br)c(CNC(C)(C)C)c1. The highest BCUT2D eigenvalue weighted by molar-refractivity contribution is 9.10. The fourth-order valence-corrected chi connectivity index (χ4v) is 1.87. The molecule has 0 aliphatic carbocycles. The summed E-state index contributed by atoms with van der Waals surface area (Å²) in [4.78, 5) is 2.11. The molecule has 0 spiro atoms. The largest absolute Gasteiger partial charge is 0.492 e. The lowest BCUT2D eigenvalue weighted by Crippen LogP contribution is -2.35. The van der Waals surface area contributed by atoms with Gasteiger partial charge in [0.25, 0.3) is 0 Å². The van der Waals surface area contributed by atoms with Crippen molar-refractivity contribution in [2.75, 3.05) is 27.2 Å². The average Bonchev–Trinajstić information content (AvgIpc) is 2.28. The van der Waals surface area contributed by atoms with Gasteiger partial charge in [-0.3, -0.25) is 0 Å².